The second-order valence-electron chi connectivity index (χ2n) is 1.14. The van der Waals surface area contributed by atoms with Crippen LogP contribution in [-0.4, -0.2) is 0 Å². The summed E-state index contributed by atoms with van der Waals surface area (Å²) in [6.45, 7) is 7.23. The van der Waals surface area contributed by atoms with Crippen LogP contribution in [0.3, 0.4) is 0 Å². The maximum Gasteiger partial charge on any atom is 0.0309 e. The summed E-state index contributed by atoms with van der Waals surface area (Å²) in [5.74, 6) is 0. The predicted octanol–water partition coefficient (Wildman–Crippen LogP) is 1.97. The first kappa shape index (κ1) is 2.95. The maximum atomic E-state index is 6.93. The highest BCUT2D eigenvalue weighted by molar-refractivity contribution is 4.84. The van der Waals surface area contributed by atoms with Crippen molar-refractivity contribution in [1.29, 1.82) is 0 Å². The molecule has 0 radical (unpaired) electrons. The number of hydrogen-bond donors (Lipinski definition) is 0. The summed E-state index contributed by atoms with van der Waals surface area (Å²) >= 11 is 0. The van der Waals surface area contributed by atoms with Crippen LogP contribution in [-0.2, 0) is 0 Å². The minimum absolute atomic E-state index is 0.0926. The predicted molar refractivity (Wildman–Crippen MR) is 25.1 cm³/mol. The lowest BCUT2D eigenvalue weighted by Gasteiger charge is -1.79. The topological polar surface area (TPSA) is 0 Å². The Bertz CT molecular complexity index is 55.0. The van der Waals surface area contributed by atoms with Gasteiger partial charge in [0.2, 0.25) is 0 Å². The minimum Gasteiger partial charge on any atom is -0.100 e. The molecule has 0 aromatic heterocycles. The van der Waals surface area contributed by atoms with E-state index in [1.165, 1.54) is 0 Å². The molecule has 0 rings (SSSR count). The van der Waals surface area contributed by atoms with Gasteiger partial charge in [-0.3, -0.25) is 0 Å². The molecule has 0 bridgehead atoms. The molecule has 0 heteroatoms. The Morgan fingerprint density at radius 3 is 2.40 bits per heavy atom. The second kappa shape index (κ2) is 2.01. The van der Waals surface area contributed by atoms with E-state index in [2.05, 4.69) is 6.58 Å². The van der Waals surface area contributed by atoms with Crippen molar-refractivity contribution in [3.05, 3.63) is 12.2 Å². The first-order chi connectivity index (χ1) is 2.64. The normalized spacial score (nSPS) is 16.8. The standard InChI is InChI=1S/C5H10/c1-4-5(2)3/h2,4H2,1,3H3/i4D. The number of rotatable bonds is 1. The summed E-state index contributed by atoms with van der Waals surface area (Å²) in [6.07, 6.45) is -0.0926. The molecule has 0 aliphatic carbocycles. The Morgan fingerprint density at radius 2 is 2.40 bits per heavy atom. The molecular weight excluding hydrogens is 60.1 g/mol. The van der Waals surface area contributed by atoms with E-state index in [4.69, 9.17) is 1.37 Å². The van der Waals surface area contributed by atoms with Gasteiger partial charge in [-0.15, -0.1) is 6.58 Å². The molecule has 1 atom stereocenters. The molecule has 0 nitrogen and oxygen atoms in total. The monoisotopic (exact) mass is 71.1 g/mol. The van der Waals surface area contributed by atoms with Crippen LogP contribution >= 0.6 is 0 Å². The molecule has 0 aliphatic heterocycles. The van der Waals surface area contributed by atoms with Gasteiger partial charge in [-0.25, -0.2) is 0 Å². The molecular formula is C5H10. The van der Waals surface area contributed by atoms with Crippen LogP contribution in [0.25, 0.3) is 0 Å². The van der Waals surface area contributed by atoms with Crippen LogP contribution in [0.2, 0.25) is 0 Å². The molecule has 0 aliphatic rings. The molecule has 30 valence electrons. The van der Waals surface area contributed by atoms with E-state index >= 15 is 0 Å². The van der Waals surface area contributed by atoms with Crippen molar-refractivity contribution in [3.8, 4) is 0 Å². The number of allylic oxidation sites excluding steroid dienone is 1. The van der Waals surface area contributed by atoms with Gasteiger partial charge in [0.1, 0.15) is 0 Å². The first-order valence-electron chi connectivity index (χ1n) is 2.30. The van der Waals surface area contributed by atoms with Crippen molar-refractivity contribution < 1.29 is 1.37 Å². The van der Waals surface area contributed by atoms with Crippen molar-refractivity contribution in [1.82, 2.24) is 0 Å². The van der Waals surface area contributed by atoms with E-state index in [1.54, 1.807) is 0 Å². The summed E-state index contributed by atoms with van der Waals surface area (Å²) in [6, 6.07) is 0. The lowest BCUT2D eigenvalue weighted by molar-refractivity contribution is 1.11. The van der Waals surface area contributed by atoms with Crippen molar-refractivity contribution in [2.75, 3.05) is 0 Å². The van der Waals surface area contributed by atoms with Gasteiger partial charge in [0.15, 0.2) is 0 Å². The van der Waals surface area contributed by atoms with Crippen LogP contribution in [0.5, 0.6) is 0 Å². The van der Waals surface area contributed by atoms with Gasteiger partial charge in [0, 0.05) is 1.37 Å². The summed E-state index contributed by atoms with van der Waals surface area (Å²) in [5.41, 5.74) is 0.926. The van der Waals surface area contributed by atoms with E-state index in [-0.39, 0.29) is 6.40 Å². The lowest BCUT2D eigenvalue weighted by Crippen LogP contribution is -1.58. The third-order valence-corrected chi connectivity index (χ3v) is 0.493. The first-order valence-corrected chi connectivity index (χ1v) is 1.72. The van der Waals surface area contributed by atoms with Crippen molar-refractivity contribution in [2.24, 2.45) is 0 Å². The Hall–Kier alpha value is -0.260. The summed E-state index contributed by atoms with van der Waals surface area (Å²) in [7, 11) is 0. The average molecular weight is 71.1 g/mol. The van der Waals surface area contributed by atoms with E-state index < -0.39 is 0 Å². The largest absolute Gasteiger partial charge is 0.100 e. The van der Waals surface area contributed by atoms with Crippen LogP contribution < -0.4 is 0 Å². The summed E-state index contributed by atoms with van der Waals surface area (Å²) in [5, 5.41) is 0. The highest BCUT2D eigenvalue weighted by atomic mass is 13.7. The molecule has 0 fully saturated rings. The Morgan fingerprint density at radius 1 is 2.20 bits per heavy atom. The molecule has 0 saturated carbocycles. The molecule has 0 amide bonds. The molecule has 0 aromatic rings. The zero-order chi connectivity index (χ0) is 5.15. The van der Waals surface area contributed by atoms with E-state index in [1.807, 2.05) is 13.8 Å². The number of hydrogen-bond acceptors (Lipinski definition) is 0. The van der Waals surface area contributed by atoms with E-state index in [0.29, 0.717) is 0 Å². The van der Waals surface area contributed by atoms with Gasteiger partial charge in [-0.05, 0) is 13.3 Å². The van der Waals surface area contributed by atoms with E-state index in [9.17, 15) is 0 Å². The van der Waals surface area contributed by atoms with E-state index in [0.717, 1.165) is 5.57 Å². The average Bonchev–Trinajstić information content (AvgIpc) is 1.36. The van der Waals surface area contributed by atoms with Crippen LogP contribution in [0.15, 0.2) is 12.2 Å². The van der Waals surface area contributed by atoms with Gasteiger partial charge in [0.25, 0.3) is 0 Å². The Balaban J connectivity index is 3.26. The van der Waals surface area contributed by atoms with Crippen LogP contribution in [0, 0.1) is 0 Å². The maximum absolute atomic E-state index is 6.93. The molecule has 0 heterocycles. The van der Waals surface area contributed by atoms with Gasteiger partial charge in [-0.2, -0.15) is 0 Å². The van der Waals surface area contributed by atoms with Gasteiger partial charge < -0.3 is 0 Å². The molecule has 1 unspecified atom stereocenters. The van der Waals surface area contributed by atoms with Crippen molar-refractivity contribution in [3.63, 3.8) is 0 Å². The third kappa shape index (κ3) is 3.74. The summed E-state index contributed by atoms with van der Waals surface area (Å²) < 4.78 is 6.93. The van der Waals surface area contributed by atoms with Gasteiger partial charge in [0.05, 0.1) is 0 Å². The fraction of sp³-hybridized carbons (Fsp3) is 0.600. The van der Waals surface area contributed by atoms with Crippen LogP contribution in [0.1, 0.15) is 21.6 Å². The highest BCUT2D eigenvalue weighted by Gasteiger charge is 1.67. The molecule has 0 aromatic carbocycles. The third-order valence-electron chi connectivity index (χ3n) is 0.493. The molecule has 0 N–H and O–H groups in total. The Kier molecular flexibility index (Phi) is 1.18. The Labute approximate surface area is 34.9 Å². The SMILES string of the molecule is [2H]C(C)C(=C)C. The quantitative estimate of drug-likeness (QED) is 0.414. The smallest absolute Gasteiger partial charge is 0.0309 e. The fourth-order valence-electron chi connectivity index (χ4n) is 0. The molecule has 0 saturated heterocycles. The van der Waals surface area contributed by atoms with Gasteiger partial charge in [-0.1, -0.05) is 12.5 Å². The fourth-order valence-corrected chi connectivity index (χ4v) is 0. The highest BCUT2D eigenvalue weighted by Crippen LogP contribution is 1.88. The zero-order valence-electron chi connectivity index (χ0n) is 4.78. The van der Waals surface area contributed by atoms with Crippen LogP contribution in [0.4, 0.5) is 0 Å². The second-order valence-corrected chi connectivity index (χ2v) is 1.14. The van der Waals surface area contributed by atoms with Crippen molar-refractivity contribution >= 4 is 0 Å². The zero-order valence-corrected chi connectivity index (χ0v) is 3.78. The van der Waals surface area contributed by atoms with Gasteiger partial charge >= 0.3 is 0 Å². The van der Waals surface area contributed by atoms with Crippen molar-refractivity contribution in [2.45, 2.75) is 20.2 Å². The summed E-state index contributed by atoms with van der Waals surface area (Å²) in [4.78, 5) is 0. The minimum atomic E-state index is -0.0926. The molecule has 5 heavy (non-hydrogen) atoms. The molecule has 0 spiro atoms. The lowest BCUT2D eigenvalue weighted by atomic mass is 10.3.